The van der Waals surface area contributed by atoms with Crippen molar-refractivity contribution in [2.75, 3.05) is 32.8 Å². The van der Waals surface area contributed by atoms with Gasteiger partial charge in [0.1, 0.15) is 0 Å². The van der Waals surface area contributed by atoms with Crippen LogP contribution in [0.5, 0.6) is 0 Å². The second-order valence-corrected chi connectivity index (χ2v) is 9.10. The van der Waals surface area contributed by atoms with Gasteiger partial charge in [-0.15, -0.1) is 0 Å². The van der Waals surface area contributed by atoms with Crippen LogP contribution in [0.2, 0.25) is 0 Å². The van der Waals surface area contributed by atoms with Crippen molar-refractivity contribution in [3.05, 3.63) is 28.3 Å². The minimum atomic E-state index is -3.54. The number of aryl methyl sites for hydroxylation is 2. The van der Waals surface area contributed by atoms with Gasteiger partial charge in [0.15, 0.2) is 0 Å². The third-order valence-corrected chi connectivity index (χ3v) is 7.03. The molecule has 1 saturated heterocycles. The van der Waals surface area contributed by atoms with Crippen molar-refractivity contribution in [3.63, 3.8) is 0 Å². The van der Waals surface area contributed by atoms with Gasteiger partial charge in [-0.1, -0.05) is 19.9 Å². The fourth-order valence-corrected chi connectivity index (χ4v) is 5.21. The number of morpholine rings is 1. The second kappa shape index (κ2) is 8.16. The van der Waals surface area contributed by atoms with E-state index in [2.05, 4.69) is 23.5 Å². The molecule has 142 valence electrons. The lowest BCUT2D eigenvalue weighted by molar-refractivity contribution is 0.00776. The molecule has 0 aliphatic carbocycles. The first-order valence-electron chi connectivity index (χ1n) is 9.04. The Bertz CT molecular complexity index is 682. The van der Waals surface area contributed by atoms with Gasteiger partial charge < -0.3 is 4.74 Å². The average Bonchev–Trinajstić information content (AvgIpc) is 2.54. The van der Waals surface area contributed by atoms with Gasteiger partial charge in [0.05, 0.1) is 18.1 Å². The number of rotatable bonds is 6. The third kappa shape index (κ3) is 4.61. The van der Waals surface area contributed by atoms with Gasteiger partial charge >= 0.3 is 0 Å². The van der Waals surface area contributed by atoms with Gasteiger partial charge in [0.2, 0.25) is 10.0 Å². The van der Waals surface area contributed by atoms with Crippen molar-refractivity contribution in [3.8, 4) is 0 Å². The van der Waals surface area contributed by atoms with Crippen molar-refractivity contribution >= 4 is 10.0 Å². The maximum Gasteiger partial charge on any atom is 0.241 e. The summed E-state index contributed by atoms with van der Waals surface area (Å²) in [5.41, 5.74) is 3.69. The van der Waals surface area contributed by atoms with Crippen molar-refractivity contribution < 1.29 is 13.2 Å². The molecule has 0 spiro atoms. The van der Waals surface area contributed by atoms with Crippen LogP contribution in [0.15, 0.2) is 11.0 Å². The average molecular weight is 369 g/mol. The normalized spacial score (nSPS) is 17.9. The summed E-state index contributed by atoms with van der Waals surface area (Å²) in [4.78, 5) is 2.77. The molecule has 6 heteroatoms. The topological polar surface area (TPSA) is 58.6 Å². The van der Waals surface area contributed by atoms with Crippen LogP contribution < -0.4 is 4.72 Å². The summed E-state index contributed by atoms with van der Waals surface area (Å²) >= 11 is 0. The van der Waals surface area contributed by atoms with Crippen LogP contribution in [-0.2, 0) is 14.8 Å². The molecule has 1 fully saturated rings. The smallest absolute Gasteiger partial charge is 0.241 e. The van der Waals surface area contributed by atoms with Gasteiger partial charge in [-0.3, -0.25) is 4.90 Å². The molecule has 0 radical (unpaired) electrons. The number of nitrogens with zero attached hydrogens (tertiary/aromatic N) is 1. The van der Waals surface area contributed by atoms with Crippen LogP contribution in [-0.4, -0.2) is 52.2 Å². The Balaban J connectivity index is 2.23. The molecule has 2 rings (SSSR count). The fraction of sp³-hybridized carbons (Fsp3) is 0.684. The lowest BCUT2D eigenvalue weighted by Crippen LogP contribution is -2.51. The van der Waals surface area contributed by atoms with E-state index in [1.54, 1.807) is 0 Å². The summed E-state index contributed by atoms with van der Waals surface area (Å²) in [5, 5.41) is 0. The quantitative estimate of drug-likeness (QED) is 0.838. The molecule has 1 unspecified atom stereocenters. The number of hydrogen-bond donors (Lipinski definition) is 1. The Morgan fingerprint density at radius 2 is 1.60 bits per heavy atom. The van der Waals surface area contributed by atoms with Gasteiger partial charge in [-0.05, 0) is 55.9 Å². The molecule has 1 atom stereocenters. The van der Waals surface area contributed by atoms with Gasteiger partial charge in [0, 0.05) is 25.7 Å². The van der Waals surface area contributed by atoms with E-state index in [1.165, 1.54) is 0 Å². The van der Waals surface area contributed by atoms with Crippen LogP contribution in [0.1, 0.15) is 36.1 Å². The zero-order chi connectivity index (χ0) is 18.8. The lowest BCUT2D eigenvalue weighted by atomic mass is 10.0. The van der Waals surface area contributed by atoms with Crippen molar-refractivity contribution in [1.29, 1.82) is 0 Å². The Kier molecular flexibility index (Phi) is 6.65. The first kappa shape index (κ1) is 20.4. The highest BCUT2D eigenvalue weighted by molar-refractivity contribution is 7.89. The largest absolute Gasteiger partial charge is 0.379 e. The summed E-state index contributed by atoms with van der Waals surface area (Å²) in [7, 11) is -3.54. The molecule has 0 aromatic heterocycles. The Hall–Kier alpha value is -0.950. The molecule has 25 heavy (non-hydrogen) atoms. The number of nitrogens with one attached hydrogen (secondary N) is 1. The SMILES string of the molecule is Cc1cc(C)c(C)c(S(=O)(=O)NCC(C(C)C)N2CCOCC2)c1C. The zero-order valence-corrected chi connectivity index (χ0v) is 17.2. The molecule has 0 saturated carbocycles. The Morgan fingerprint density at radius 1 is 1.08 bits per heavy atom. The predicted molar refractivity (Wildman–Crippen MR) is 102 cm³/mol. The van der Waals surface area contributed by atoms with E-state index in [4.69, 9.17) is 4.74 Å². The molecule has 1 aliphatic rings. The Labute approximate surface area is 152 Å². The van der Waals surface area contributed by atoms with E-state index in [0.717, 1.165) is 35.3 Å². The molecular weight excluding hydrogens is 336 g/mol. The number of hydrogen-bond acceptors (Lipinski definition) is 4. The first-order valence-corrected chi connectivity index (χ1v) is 10.5. The molecule has 0 bridgehead atoms. The molecule has 5 nitrogen and oxygen atoms in total. The maximum absolute atomic E-state index is 13.0. The number of benzene rings is 1. The highest BCUT2D eigenvalue weighted by Gasteiger charge is 2.27. The molecule has 1 heterocycles. The lowest BCUT2D eigenvalue weighted by Gasteiger charge is -2.37. The standard InChI is InChI=1S/C19H32N2O3S/c1-13(2)18(21-7-9-24-10-8-21)12-20-25(22,23)19-16(5)14(3)11-15(4)17(19)6/h11,13,18,20H,7-10,12H2,1-6H3. The van der Waals surface area contributed by atoms with E-state index < -0.39 is 10.0 Å². The van der Waals surface area contributed by atoms with Gasteiger partial charge in [-0.2, -0.15) is 0 Å². The van der Waals surface area contributed by atoms with Gasteiger partial charge in [0.25, 0.3) is 0 Å². The monoisotopic (exact) mass is 368 g/mol. The van der Waals surface area contributed by atoms with E-state index >= 15 is 0 Å². The van der Waals surface area contributed by atoms with Gasteiger partial charge in [-0.25, -0.2) is 13.1 Å². The summed E-state index contributed by atoms with van der Waals surface area (Å²) in [6, 6.07) is 2.22. The highest BCUT2D eigenvalue weighted by atomic mass is 32.2. The summed E-state index contributed by atoms with van der Waals surface area (Å²) in [6.45, 7) is 15.5. The van der Waals surface area contributed by atoms with E-state index in [0.29, 0.717) is 30.6 Å². The van der Waals surface area contributed by atoms with Crippen LogP contribution in [0, 0.1) is 33.6 Å². The first-order chi connectivity index (χ1) is 11.6. The van der Waals surface area contributed by atoms with Crippen LogP contribution in [0.3, 0.4) is 0 Å². The van der Waals surface area contributed by atoms with Crippen LogP contribution in [0.25, 0.3) is 0 Å². The van der Waals surface area contributed by atoms with Crippen molar-refractivity contribution in [2.45, 2.75) is 52.5 Å². The number of sulfonamides is 1. The third-order valence-electron chi connectivity index (χ3n) is 5.33. The summed E-state index contributed by atoms with van der Waals surface area (Å²) in [5.74, 6) is 0.363. The van der Waals surface area contributed by atoms with E-state index in [1.807, 2.05) is 33.8 Å². The summed E-state index contributed by atoms with van der Waals surface area (Å²) < 4.78 is 34.4. The van der Waals surface area contributed by atoms with Crippen molar-refractivity contribution in [2.24, 2.45) is 5.92 Å². The molecule has 1 aliphatic heterocycles. The second-order valence-electron chi connectivity index (χ2n) is 7.40. The summed E-state index contributed by atoms with van der Waals surface area (Å²) in [6.07, 6.45) is 0. The minimum absolute atomic E-state index is 0.171. The molecule has 1 N–H and O–H groups in total. The minimum Gasteiger partial charge on any atom is -0.379 e. The number of ether oxygens (including phenoxy) is 1. The van der Waals surface area contributed by atoms with E-state index in [-0.39, 0.29) is 6.04 Å². The molecule has 0 amide bonds. The van der Waals surface area contributed by atoms with Crippen LogP contribution >= 0.6 is 0 Å². The van der Waals surface area contributed by atoms with E-state index in [9.17, 15) is 8.42 Å². The highest BCUT2D eigenvalue weighted by Crippen LogP contribution is 2.26. The van der Waals surface area contributed by atoms with Crippen LogP contribution in [0.4, 0.5) is 0 Å². The molecular formula is C19H32N2O3S. The maximum atomic E-state index is 13.0. The molecule has 1 aromatic rings. The van der Waals surface area contributed by atoms with Crippen molar-refractivity contribution in [1.82, 2.24) is 9.62 Å². The molecule has 1 aromatic carbocycles. The predicted octanol–water partition coefficient (Wildman–Crippen LogP) is 2.56. The Morgan fingerprint density at radius 3 is 2.08 bits per heavy atom. The fourth-order valence-electron chi connectivity index (χ4n) is 3.55. The zero-order valence-electron chi connectivity index (χ0n) is 16.3.